The lowest BCUT2D eigenvalue weighted by atomic mass is 10.2. The maximum atomic E-state index is 3.91. The average Bonchev–Trinajstić information content (AvgIpc) is 1.90. The standard InChI is InChI=1S/C6H10N2S/c1-5(2)6-3-9-8-4-7-6/h3-5H,1-2H3,(H,7,8). The van der Waals surface area contributed by atoms with E-state index in [2.05, 4.69) is 23.6 Å². The largest absolute Gasteiger partial charge is 0.349 e. The van der Waals surface area contributed by atoms with Crippen molar-refractivity contribution < 1.29 is 0 Å². The van der Waals surface area contributed by atoms with Crippen molar-refractivity contribution in [3.63, 3.8) is 0 Å². The molecule has 1 rings (SSSR count). The number of allylic oxidation sites excluding steroid dienone is 1. The van der Waals surface area contributed by atoms with Gasteiger partial charge in [-0.15, -0.1) is 0 Å². The highest BCUT2D eigenvalue weighted by Gasteiger charge is 2.02. The molecule has 0 amide bonds. The molecule has 0 atom stereocenters. The summed E-state index contributed by atoms with van der Waals surface area (Å²) in [7, 11) is 0. The predicted octanol–water partition coefficient (Wildman–Crippen LogP) is 1.76. The van der Waals surface area contributed by atoms with Crippen LogP contribution in [-0.2, 0) is 0 Å². The second-order valence-electron chi connectivity index (χ2n) is 2.21. The molecule has 3 heteroatoms. The Balaban J connectivity index is 2.50. The minimum absolute atomic E-state index is 0.573. The van der Waals surface area contributed by atoms with Gasteiger partial charge in [-0.05, 0) is 5.92 Å². The molecule has 1 aliphatic rings. The van der Waals surface area contributed by atoms with Crippen LogP contribution in [0.5, 0.6) is 0 Å². The minimum atomic E-state index is 0.573. The molecule has 2 nitrogen and oxygen atoms in total. The normalized spacial score (nSPS) is 17.4. The lowest BCUT2D eigenvalue weighted by molar-refractivity contribution is 0.732. The van der Waals surface area contributed by atoms with Gasteiger partial charge in [-0.25, -0.2) is 4.40 Å². The van der Waals surface area contributed by atoms with E-state index in [1.54, 1.807) is 6.34 Å². The first-order valence-electron chi connectivity index (χ1n) is 2.95. The zero-order chi connectivity index (χ0) is 6.69. The van der Waals surface area contributed by atoms with Gasteiger partial charge < -0.3 is 5.32 Å². The Morgan fingerprint density at radius 3 is 2.78 bits per heavy atom. The molecule has 0 aliphatic carbocycles. The molecule has 0 spiro atoms. The fourth-order valence-corrected chi connectivity index (χ4v) is 1.18. The van der Waals surface area contributed by atoms with Crippen LogP contribution in [0.1, 0.15) is 13.8 Å². The smallest absolute Gasteiger partial charge is 0.101 e. The fourth-order valence-electron chi connectivity index (χ4n) is 0.555. The van der Waals surface area contributed by atoms with Crippen LogP contribution in [-0.4, -0.2) is 6.34 Å². The van der Waals surface area contributed by atoms with E-state index in [-0.39, 0.29) is 0 Å². The Labute approximate surface area is 59.6 Å². The third-order valence-electron chi connectivity index (χ3n) is 1.15. The van der Waals surface area contributed by atoms with Gasteiger partial charge in [0.1, 0.15) is 6.34 Å². The SMILES string of the molecule is CC(C)C1=CSN=CN1. The molecular weight excluding hydrogens is 132 g/mol. The van der Waals surface area contributed by atoms with Gasteiger partial charge in [0, 0.05) is 23.1 Å². The summed E-state index contributed by atoms with van der Waals surface area (Å²) in [6, 6.07) is 0. The van der Waals surface area contributed by atoms with Crippen molar-refractivity contribution in [1.82, 2.24) is 5.32 Å². The van der Waals surface area contributed by atoms with Gasteiger partial charge in [0.2, 0.25) is 0 Å². The van der Waals surface area contributed by atoms with Gasteiger partial charge in [0.25, 0.3) is 0 Å². The Morgan fingerprint density at radius 2 is 2.44 bits per heavy atom. The van der Waals surface area contributed by atoms with Crippen LogP contribution in [0.4, 0.5) is 0 Å². The first kappa shape index (κ1) is 6.68. The number of nitrogens with zero attached hydrogens (tertiary/aromatic N) is 1. The Kier molecular flexibility index (Phi) is 2.16. The van der Waals surface area contributed by atoms with E-state index in [0.29, 0.717) is 5.92 Å². The first-order valence-corrected chi connectivity index (χ1v) is 3.78. The first-order chi connectivity index (χ1) is 4.30. The number of hydrogen-bond donors (Lipinski definition) is 1. The molecule has 0 saturated carbocycles. The fraction of sp³-hybridized carbons (Fsp3) is 0.500. The summed E-state index contributed by atoms with van der Waals surface area (Å²) in [5.74, 6) is 0.573. The van der Waals surface area contributed by atoms with Crippen LogP contribution in [0.15, 0.2) is 15.5 Å². The van der Waals surface area contributed by atoms with Crippen LogP contribution < -0.4 is 5.32 Å². The highest BCUT2D eigenvalue weighted by Crippen LogP contribution is 2.15. The quantitative estimate of drug-likeness (QED) is 0.564. The van der Waals surface area contributed by atoms with Gasteiger partial charge in [-0.2, -0.15) is 0 Å². The monoisotopic (exact) mass is 142 g/mol. The summed E-state index contributed by atoms with van der Waals surface area (Å²) in [6.07, 6.45) is 1.72. The molecule has 1 heterocycles. The lowest BCUT2D eigenvalue weighted by Gasteiger charge is -2.11. The van der Waals surface area contributed by atoms with Gasteiger partial charge in [0.05, 0.1) is 0 Å². The number of hydrogen-bond acceptors (Lipinski definition) is 3. The van der Waals surface area contributed by atoms with Gasteiger partial charge in [-0.1, -0.05) is 13.8 Å². The Morgan fingerprint density at radius 1 is 1.67 bits per heavy atom. The zero-order valence-corrected chi connectivity index (χ0v) is 6.40. The summed E-state index contributed by atoms with van der Waals surface area (Å²) in [6.45, 7) is 4.30. The van der Waals surface area contributed by atoms with Gasteiger partial charge in [-0.3, -0.25) is 0 Å². The molecule has 9 heavy (non-hydrogen) atoms. The maximum absolute atomic E-state index is 3.91. The Hall–Kier alpha value is -0.440. The summed E-state index contributed by atoms with van der Waals surface area (Å²) >= 11 is 1.48. The molecule has 0 aromatic carbocycles. The molecule has 50 valence electrons. The van der Waals surface area contributed by atoms with Crippen molar-refractivity contribution in [2.75, 3.05) is 0 Å². The summed E-state index contributed by atoms with van der Waals surface area (Å²) in [5, 5.41) is 5.10. The zero-order valence-electron chi connectivity index (χ0n) is 5.59. The van der Waals surface area contributed by atoms with E-state index >= 15 is 0 Å². The molecule has 1 aliphatic heterocycles. The maximum Gasteiger partial charge on any atom is 0.101 e. The highest BCUT2D eigenvalue weighted by molar-refractivity contribution is 8.01. The summed E-state index contributed by atoms with van der Waals surface area (Å²) in [5.41, 5.74) is 1.25. The molecule has 0 saturated heterocycles. The Bertz CT molecular complexity index is 149. The number of rotatable bonds is 1. The van der Waals surface area contributed by atoms with Gasteiger partial charge in [0.15, 0.2) is 0 Å². The molecule has 0 radical (unpaired) electrons. The van der Waals surface area contributed by atoms with Crippen LogP contribution >= 0.6 is 11.9 Å². The molecule has 1 N–H and O–H groups in total. The molecule has 0 aromatic rings. The molecule has 0 bridgehead atoms. The molecular formula is C6H10N2S. The van der Waals surface area contributed by atoms with Crippen LogP contribution in [0, 0.1) is 5.92 Å². The van der Waals surface area contributed by atoms with Crippen molar-refractivity contribution in [3.8, 4) is 0 Å². The van der Waals surface area contributed by atoms with E-state index in [1.165, 1.54) is 17.6 Å². The van der Waals surface area contributed by atoms with E-state index in [1.807, 2.05) is 5.41 Å². The van der Waals surface area contributed by atoms with Crippen molar-refractivity contribution in [3.05, 3.63) is 11.1 Å². The van der Waals surface area contributed by atoms with Crippen LogP contribution in [0.3, 0.4) is 0 Å². The van der Waals surface area contributed by atoms with E-state index < -0.39 is 0 Å². The third-order valence-corrected chi connectivity index (χ3v) is 1.73. The summed E-state index contributed by atoms with van der Waals surface area (Å²) in [4.78, 5) is 0. The van der Waals surface area contributed by atoms with Crippen LogP contribution in [0.25, 0.3) is 0 Å². The average molecular weight is 142 g/mol. The predicted molar refractivity (Wildman–Crippen MR) is 42.1 cm³/mol. The topological polar surface area (TPSA) is 24.4 Å². The van der Waals surface area contributed by atoms with Crippen molar-refractivity contribution in [2.45, 2.75) is 13.8 Å². The minimum Gasteiger partial charge on any atom is -0.349 e. The van der Waals surface area contributed by atoms with E-state index in [9.17, 15) is 0 Å². The van der Waals surface area contributed by atoms with Crippen molar-refractivity contribution in [2.24, 2.45) is 10.3 Å². The van der Waals surface area contributed by atoms with E-state index in [4.69, 9.17) is 0 Å². The van der Waals surface area contributed by atoms with E-state index in [0.717, 1.165) is 0 Å². The summed E-state index contributed by atoms with van der Waals surface area (Å²) < 4.78 is 3.91. The van der Waals surface area contributed by atoms with Crippen molar-refractivity contribution >= 4 is 18.3 Å². The molecule has 0 aromatic heterocycles. The van der Waals surface area contributed by atoms with Gasteiger partial charge >= 0.3 is 0 Å². The lowest BCUT2D eigenvalue weighted by Crippen LogP contribution is -2.16. The number of nitrogens with one attached hydrogen (secondary N) is 1. The molecule has 0 unspecified atom stereocenters. The molecule has 0 fully saturated rings. The van der Waals surface area contributed by atoms with Crippen molar-refractivity contribution in [1.29, 1.82) is 0 Å². The second kappa shape index (κ2) is 2.92. The highest BCUT2D eigenvalue weighted by atomic mass is 32.2. The van der Waals surface area contributed by atoms with Crippen LogP contribution in [0.2, 0.25) is 0 Å². The second-order valence-corrected chi connectivity index (χ2v) is 2.87. The third kappa shape index (κ3) is 1.75.